The number of unbranched alkanes of at least 4 members (excludes halogenated alkanes) is 1. The molecule has 0 aliphatic carbocycles. The third kappa shape index (κ3) is 25.9. The molecule has 0 heterocycles. The third-order valence-corrected chi connectivity index (χ3v) is 4.98. The van der Waals surface area contributed by atoms with Crippen LogP contribution in [0, 0.1) is 10.8 Å². The molecular formula is C24H54N4O3. The Morgan fingerprint density at radius 2 is 1.23 bits per heavy atom. The number of nitrogens with one attached hydrogen (secondary N) is 3. The third-order valence-electron chi connectivity index (χ3n) is 4.98. The van der Waals surface area contributed by atoms with E-state index in [1.54, 1.807) is 0 Å². The van der Waals surface area contributed by atoms with Crippen LogP contribution in [0.5, 0.6) is 0 Å². The molecule has 7 heteroatoms. The molecule has 7 nitrogen and oxygen atoms in total. The fourth-order valence-electron chi connectivity index (χ4n) is 2.87. The van der Waals surface area contributed by atoms with Crippen molar-refractivity contribution in [1.82, 2.24) is 16.1 Å². The Kier molecular flexibility index (Phi) is 19.0. The molecule has 5 N–H and O–H groups in total. The van der Waals surface area contributed by atoms with E-state index in [1.165, 1.54) is 19.3 Å². The Morgan fingerprint density at radius 3 is 1.84 bits per heavy atom. The average Bonchev–Trinajstić information content (AvgIpc) is 2.67. The first-order chi connectivity index (χ1) is 14.6. The molecule has 0 spiro atoms. The molecule has 0 fully saturated rings. The summed E-state index contributed by atoms with van der Waals surface area (Å²) in [4.78, 5) is 0. The molecule has 0 radical (unpaired) electrons. The van der Waals surface area contributed by atoms with E-state index >= 15 is 0 Å². The Bertz CT molecular complexity index is 384. The highest BCUT2D eigenvalue weighted by Crippen LogP contribution is 2.21. The van der Waals surface area contributed by atoms with Crippen molar-refractivity contribution in [2.24, 2.45) is 16.7 Å². The van der Waals surface area contributed by atoms with Gasteiger partial charge < -0.3 is 24.8 Å². The lowest BCUT2D eigenvalue weighted by molar-refractivity contribution is 0.0453. The maximum atomic E-state index is 5.66. The van der Waals surface area contributed by atoms with Gasteiger partial charge in [0, 0.05) is 38.9 Å². The fraction of sp³-hybridized carbons (Fsp3) is 1.00. The first kappa shape index (κ1) is 30.7. The maximum absolute atomic E-state index is 5.66. The van der Waals surface area contributed by atoms with E-state index in [4.69, 9.17) is 20.1 Å². The van der Waals surface area contributed by atoms with Gasteiger partial charge in [0.15, 0.2) is 0 Å². The summed E-state index contributed by atoms with van der Waals surface area (Å²) in [7, 11) is 0. The molecule has 0 saturated heterocycles. The molecule has 0 saturated carbocycles. The molecule has 0 rings (SSSR count). The van der Waals surface area contributed by atoms with E-state index in [-0.39, 0.29) is 6.04 Å². The number of rotatable bonds is 21. The van der Waals surface area contributed by atoms with E-state index in [1.807, 2.05) is 0 Å². The molecule has 188 valence electrons. The maximum Gasteiger partial charge on any atom is 0.0701 e. The van der Waals surface area contributed by atoms with Gasteiger partial charge in [-0.15, -0.1) is 0 Å². The van der Waals surface area contributed by atoms with Crippen molar-refractivity contribution in [3.05, 3.63) is 0 Å². The van der Waals surface area contributed by atoms with Gasteiger partial charge >= 0.3 is 0 Å². The average molecular weight is 447 g/mol. The van der Waals surface area contributed by atoms with Crippen LogP contribution in [0.1, 0.15) is 73.6 Å². The topological polar surface area (TPSA) is 89.8 Å². The van der Waals surface area contributed by atoms with Gasteiger partial charge in [0.25, 0.3) is 0 Å². The lowest BCUT2D eigenvalue weighted by atomic mass is 9.90. The van der Waals surface area contributed by atoms with Gasteiger partial charge in [-0.2, -0.15) is 0 Å². The van der Waals surface area contributed by atoms with Crippen molar-refractivity contribution in [1.29, 1.82) is 0 Å². The molecule has 31 heavy (non-hydrogen) atoms. The number of ether oxygens (including phenoxy) is 3. The van der Waals surface area contributed by atoms with E-state index < -0.39 is 0 Å². The highest BCUT2D eigenvalue weighted by Gasteiger charge is 2.10. The van der Waals surface area contributed by atoms with Crippen LogP contribution in [0.3, 0.4) is 0 Å². The quantitative estimate of drug-likeness (QED) is 0.122. The molecule has 1 unspecified atom stereocenters. The largest absolute Gasteiger partial charge is 0.380 e. The molecule has 0 aromatic heterocycles. The summed E-state index contributed by atoms with van der Waals surface area (Å²) in [5.41, 5.74) is 3.62. The van der Waals surface area contributed by atoms with Gasteiger partial charge in [0.05, 0.1) is 26.4 Å². The normalized spacial score (nSPS) is 13.6. The van der Waals surface area contributed by atoms with Crippen molar-refractivity contribution >= 4 is 0 Å². The highest BCUT2D eigenvalue weighted by atomic mass is 16.5. The summed E-state index contributed by atoms with van der Waals surface area (Å²) >= 11 is 0. The van der Waals surface area contributed by atoms with Crippen molar-refractivity contribution in [2.45, 2.75) is 79.7 Å². The van der Waals surface area contributed by atoms with Crippen LogP contribution >= 0.6 is 0 Å². The minimum absolute atomic E-state index is 0.193. The lowest BCUT2D eigenvalue weighted by Gasteiger charge is -2.18. The van der Waals surface area contributed by atoms with Gasteiger partial charge in [0.2, 0.25) is 0 Å². The predicted octanol–water partition coefficient (Wildman–Crippen LogP) is 3.09. The summed E-state index contributed by atoms with van der Waals surface area (Å²) in [6.07, 6.45) is 5.74. The van der Waals surface area contributed by atoms with Crippen LogP contribution in [0.2, 0.25) is 0 Å². The van der Waals surface area contributed by atoms with Crippen LogP contribution < -0.4 is 21.9 Å². The van der Waals surface area contributed by atoms with Crippen molar-refractivity contribution in [2.75, 3.05) is 65.8 Å². The zero-order valence-electron chi connectivity index (χ0n) is 21.5. The first-order valence-electron chi connectivity index (χ1n) is 12.2. The Hall–Kier alpha value is -0.280. The fourth-order valence-corrected chi connectivity index (χ4v) is 2.87. The van der Waals surface area contributed by atoms with Crippen molar-refractivity contribution < 1.29 is 14.2 Å². The van der Waals surface area contributed by atoms with Gasteiger partial charge in [-0.3, -0.25) is 11.3 Å². The van der Waals surface area contributed by atoms with Crippen LogP contribution in [-0.2, 0) is 14.2 Å². The van der Waals surface area contributed by atoms with Crippen molar-refractivity contribution in [3.63, 3.8) is 0 Å². The summed E-state index contributed by atoms with van der Waals surface area (Å²) < 4.78 is 16.9. The lowest BCUT2D eigenvalue weighted by Crippen LogP contribution is -2.44. The Balaban J connectivity index is 3.35. The van der Waals surface area contributed by atoms with Gasteiger partial charge in [0.1, 0.15) is 0 Å². The SMILES string of the molecule is CC(C)(C)CCCCNCCOCCOCCC(CNCCOCCC(C)(C)C)NN. The summed E-state index contributed by atoms with van der Waals surface area (Å²) in [5.74, 6) is 5.64. The van der Waals surface area contributed by atoms with E-state index in [9.17, 15) is 0 Å². The van der Waals surface area contributed by atoms with Crippen LogP contribution in [-0.4, -0.2) is 71.9 Å². The second kappa shape index (κ2) is 19.2. The molecule has 0 aromatic carbocycles. The minimum atomic E-state index is 0.193. The molecular weight excluding hydrogens is 392 g/mol. The molecule has 0 aliphatic rings. The van der Waals surface area contributed by atoms with Crippen LogP contribution in [0.15, 0.2) is 0 Å². The molecule has 0 aliphatic heterocycles. The van der Waals surface area contributed by atoms with Crippen LogP contribution in [0.25, 0.3) is 0 Å². The summed E-state index contributed by atoms with van der Waals surface area (Å²) in [5, 5.41) is 6.81. The van der Waals surface area contributed by atoms with Gasteiger partial charge in [-0.05, 0) is 43.1 Å². The van der Waals surface area contributed by atoms with E-state index in [0.717, 1.165) is 58.8 Å². The summed E-state index contributed by atoms with van der Waals surface area (Å²) in [6.45, 7) is 21.4. The van der Waals surface area contributed by atoms with Gasteiger partial charge in [-0.25, -0.2) is 0 Å². The zero-order valence-corrected chi connectivity index (χ0v) is 21.5. The zero-order chi connectivity index (χ0) is 23.4. The van der Waals surface area contributed by atoms with Gasteiger partial charge in [-0.1, -0.05) is 48.0 Å². The number of nitrogens with two attached hydrogens (primary N) is 1. The summed E-state index contributed by atoms with van der Waals surface area (Å²) in [6, 6.07) is 0.193. The van der Waals surface area contributed by atoms with Crippen molar-refractivity contribution in [3.8, 4) is 0 Å². The number of hydrogen-bond acceptors (Lipinski definition) is 7. The Labute approximate surface area is 192 Å². The molecule has 0 bridgehead atoms. The predicted molar refractivity (Wildman–Crippen MR) is 131 cm³/mol. The van der Waals surface area contributed by atoms with Crippen LogP contribution in [0.4, 0.5) is 0 Å². The standard InChI is InChI=1S/C24H54N4O3/c1-23(2,3)10-7-8-12-26-13-17-31-20-19-29-15-9-22(28-25)21-27-14-18-30-16-11-24(4,5)6/h22,26-28H,7-21,25H2,1-6H3. The van der Waals surface area contributed by atoms with E-state index in [0.29, 0.717) is 30.7 Å². The minimum Gasteiger partial charge on any atom is -0.380 e. The Morgan fingerprint density at radius 1 is 0.645 bits per heavy atom. The molecule has 0 amide bonds. The highest BCUT2D eigenvalue weighted by molar-refractivity contribution is 4.66. The first-order valence-corrected chi connectivity index (χ1v) is 12.2. The van der Waals surface area contributed by atoms with E-state index in [2.05, 4.69) is 57.6 Å². The number of hydrogen-bond donors (Lipinski definition) is 4. The molecule has 0 aromatic rings. The smallest absolute Gasteiger partial charge is 0.0701 e. The second-order valence-electron chi connectivity index (χ2n) is 10.8. The number of hydrazine groups is 1. The second-order valence-corrected chi connectivity index (χ2v) is 10.8. The molecule has 1 atom stereocenters. The monoisotopic (exact) mass is 446 g/mol.